The molecule has 6 N–H and O–H groups in total. The summed E-state index contributed by atoms with van der Waals surface area (Å²) in [4.78, 5) is 11.4. The molecule has 1 heterocycles. The Hall–Kier alpha value is -1.59. The Morgan fingerprint density at radius 3 is 2.33 bits per heavy atom. The molecule has 2 aliphatic carbocycles. The van der Waals surface area contributed by atoms with Gasteiger partial charge in [0.2, 0.25) is 0 Å². The highest BCUT2D eigenvalue weighted by Gasteiger charge is 2.49. The maximum absolute atomic E-state index is 11.4. The van der Waals surface area contributed by atoms with E-state index in [0.717, 1.165) is 5.57 Å². The van der Waals surface area contributed by atoms with Crippen molar-refractivity contribution in [2.24, 2.45) is 17.8 Å². The summed E-state index contributed by atoms with van der Waals surface area (Å²) in [6.07, 6.45) is -7.39. The number of carboxylic acids is 1. The number of carboxylic acid groups (broad SMARTS) is 1. The number of hydrogen-bond acceptors (Lipinski definition) is 8. The van der Waals surface area contributed by atoms with Gasteiger partial charge in [-0.15, -0.1) is 0 Å². The van der Waals surface area contributed by atoms with Crippen molar-refractivity contribution in [2.45, 2.75) is 62.2 Å². The topological polar surface area (TPSA) is 157 Å². The lowest BCUT2D eigenvalue weighted by Crippen LogP contribution is -2.59. The van der Waals surface area contributed by atoms with E-state index in [4.69, 9.17) is 9.47 Å². The van der Waals surface area contributed by atoms with Gasteiger partial charge in [0.1, 0.15) is 24.4 Å². The van der Waals surface area contributed by atoms with E-state index in [9.17, 15) is 35.4 Å². The van der Waals surface area contributed by atoms with E-state index in [1.807, 2.05) is 0 Å². The van der Waals surface area contributed by atoms with Crippen molar-refractivity contribution in [3.8, 4) is 0 Å². The maximum Gasteiger partial charge on any atom is 0.331 e. The van der Waals surface area contributed by atoms with Crippen LogP contribution < -0.4 is 0 Å². The number of ether oxygens (including phenoxy) is 2. The van der Waals surface area contributed by atoms with Crippen molar-refractivity contribution in [1.29, 1.82) is 0 Å². The van der Waals surface area contributed by atoms with Crippen LogP contribution in [0.2, 0.25) is 0 Å². The van der Waals surface area contributed by atoms with Crippen LogP contribution in [0.5, 0.6) is 0 Å². The van der Waals surface area contributed by atoms with Crippen molar-refractivity contribution in [3.63, 3.8) is 0 Å². The van der Waals surface area contributed by atoms with Crippen molar-refractivity contribution >= 4 is 5.97 Å². The molecule has 9 nitrogen and oxygen atoms in total. The first-order chi connectivity index (χ1) is 14.1. The van der Waals surface area contributed by atoms with Crippen LogP contribution in [-0.2, 0) is 14.3 Å². The lowest BCUT2D eigenvalue weighted by atomic mass is 9.82. The molecule has 1 aliphatic heterocycles. The summed E-state index contributed by atoms with van der Waals surface area (Å²) in [5.74, 6) is -2.13. The van der Waals surface area contributed by atoms with E-state index in [1.54, 1.807) is 0 Å². The Bertz CT molecular complexity index is 717. The van der Waals surface area contributed by atoms with Crippen LogP contribution in [0, 0.1) is 17.8 Å². The molecule has 0 radical (unpaired) electrons. The molecule has 0 bridgehead atoms. The van der Waals surface area contributed by atoms with Crippen molar-refractivity contribution < 1.29 is 44.9 Å². The Kier molecular flexibility index (Phi) is 6.83. The zero-order valence-electron chi connectivity index (χ0n) is 16.6. The van der Waals surface area contributed by atoms with E-state index in [-0.39, 0.29) is 23.8 Å². The number of rotatable bonds is 5. The molecule has 9 heteroatoms. The zero-order valence-corrected chi connectivity index (χ0v) is 16.6. The third kappa shape index (κ3) is 4.11. The minimum absolute atomic E-state index is 0.0675. The maximum atomic E-state index is 11.4. The first-order valence-electron chi connectivity index (χ1n) is 9.99. The molecule has 1 saturated heterocycles. The van der Waals surface area contributed by atoms with Gasteiger partial charge < -0.3 is 40.1 Å². The molecular formula is C21H30O9. The van der Waals surface area contributed by atoms with Crippen LogP contribution in [-0.4, -0.2) is 86.1 Å². The monoisotopic (exact) mass is 426 g/mol. The summed E-state index contributed by atoms with van der Waals surface area (Å²) >= 11 is 0. The summed E-state index contributed by atoms with van der Waals surface area (Å²) in [7, 11) is 0. The van der Waals surface area contributed by atoms with Crippen LogP contribution in [0.3, 0.4) is 0 Å². The molecule has 3 aliphatic rings. The molecule has 0 unspecified atom stereocenters. The minimum atomic E-state index is -1.55. The van der Waals surface area contributed by atoms with Gasteiger partial charge in [-0.1, -0.05) is 25.3 Å². The molecule has 168 valence electrons. The molecule has 0 amide bonds. The van der Waals surface area contributed by atoms with E-state index in [2.05, 4.69) is 19.7 Å². The molecule has 2 saturated carbocycles. The third-order valence-corrected chi connectivity index (χ3v) is 6.68. The average Bonchev–Trinajstić information content (AvgIpc) is 2.94. The van der Waals surface area contributed by atoms with Crippen molar-refractivity contribution in [2.75, 3.05) is 6.61 Å². The van der Waals surface area contributed by atoms with Gasteiger partial charge in [-0.25, -0.2) is 4.79 Å². The predicted octanol–water partition coefficient (Wildman–Crippen LogP) is -0.668. The molecule has 10 atom stereocenters. The lowest BCUT2D eigenvalue weighted by molar-refractivity contribution is -0.308. The lowest BCUT2D eigenvalue weighted by Gasteiger charge is -2.40. The van der Waals surface area contributed by atoms with Crippen molar-refractivity contribution in [3.05, 3.63) is 36.5 Å². The van der Waals surface area contributed by atoms with Gasteiger partial charge in [-0.05, 0) is 36.7 Å². The van der Waals surface area contributed by atoms with Crippen LogP contribution >= 0.6 is 0 Å². The van der Waals surface area contributed by atoms with Gasteiger partial charge in [0.05, 0.1) is 18.8 Å². The Balaban J connectivity index is 1.76. The number of fused-ring (bicyclic) bond motifs is 1. The van der Waals surface area contributed by atoms with Crippen LogP contribution in [0.4, 0.5) is 0 Å². The van der Waals surface area contributed by atoms with Crippen LogP contribution in [0.25, 0.3) is 0 Å². The average molecular weight is 426 g/mol. The third-order valence-electron chi connectivity index (χ3n) is 6.68. The highest BCUT2D eigenvalue weighted by atomic mass is 16.7. The van der Waals surface area contributed by atoms with E-state index in [0.29, 0.717) is 18.4 Å². The summed E-state index contributed by atoms with van der Waals surface area (Å²) in [6.45, 7) is 11.2. The smallest absolute Gasteiger partial charge is 0.331 e. The number of aliphatic hydroxyl groups is 5. The van der Waals surface area contributed by atoms with Crippen LogP contribution in [0.1, 0.15) is 19.3 Å². The summed E-state index contributed by atoms with van der Waals surface area (Å²) in [6, 6.07) is 0. The number of aliphatic carboxylic acids is 1. The Labute approximate surface area is 174 Å². The number of hydrogen-bond donors (Lipinski definition) is 6. The van der Waals surface area contributed by atoms with Gasteiger partial charge in [0.25, 0.3) is 0 Å². The number of aliphatic hydroxyl groups excluding tert-OH is 5. The first-order valence-corrected chi connectivity index (χ1v) is 9.99. The van der Waals surface area contributed by atoms with Crippen molar-refractivity contribution in [1.82, 2.24) is 0 Å². The molecular weight excluding hydrogens is 396 g/mol. The molecule has 0 aromatic heterocycles. The molecule has 0 aromatic rings. The van der Waals surface area contributed by atoms with Gasteiger partial charge in [0, 0.05) is 11.5 Å². The first kappa shape index (κ1) is 23.1. The minimum Gasteiger partial charge on any atom is -0.478 e. The molecule has 0 aromatic carbocycles. The Morgan fingerprint density at radius 1 is 1.07 bits per heavy atom. The second-order valence-corrected chi connectivity index (χ2v) is 8.45. The zero-order chi connectivity index (χ0) is 22.3. The fourth-order valence-corrected chi connectivity index (χ4v) is 4.82. The molecule has 0 spiro atoms. The highest BCUT2D eigenvalue weighted by molar-refractivity contribution is 5.86. The van der Waals surface area contributed by atoms with Gasteiger partial charge in [-0.2, -0.15) is 0 Å². The predicted molar refractivity (Wildman–Crippen MR) is 104 cm³/mol. The van der Waals surface area contributed by atoms with E-state index >= 15 is 0 Å². The van der Waals surface area contributed by atoms with Gasteiger partial charge >= 0.3 is 5.97 Å². The quantitative estimate of drug-likeness (QED) is 0.248. The second kappa shape index (κ2) is 8.88. The summed E-state index contributed by atoms with van der Waals surface area (Å²) in [5, 5.41) is 59.3. The summed E-state index contributed by atoms with van der Waals surface area (Å²) in [5.41, 5.74) is 1.34. The standard InChI is InChI=1S/C21H30O9/c1-8-4-14(23)13(10(3)20(27)28)5-12-9(2)15(6-11(8)12)29-21-19(26)18(25)17(24)16(7-22)30-21/h11-19,21-26H,1-7H2,(H,27,28)/t11-,12+,13+,14-,15-,16+,17+,18-,19+,21+/m0/s1. The highest BCUT2D eigenvalue weighted by Crippen LogP contribution is 2.50. The largest absolute Gasteiger partial charge is 0.478 e. The number of carbonyl (C=O) groups is 1. The SMILES string of the molecule is C=C(C(=O)O)[C@H]1C[C@@H]2C(=C)[C@@H](O[C@@H]3O[C@H](CO)[C@@H](O)[C@H](O)[C@H]3O)C[C@H]2C(=C)C[C@@H]1O. The normalized spacial score (nSPS) is 44.4. The molecule has 30 heavy (non-hydrogen) atoms. The van der Waals surface area contributed by atoms with E-state index < -0.39 is 61.4 Å². The van der Waals surface area contributed by atoms with Gasteiger partial charge in [0.15, 0.2) is 6.29 Å². The summed E-state index contributed by atoms with van der Waals surface area (Å²) < 4.78 is 11.3. The fourth-order valence-electron chi connectivity index (χ4n) is 4.82. The van der Waals surface area contributed by atoms with E-state index in [1.165, 1.54) is 0 Å². The van der Waals surface area contributed by atoms with Crippen LogP contribution in [0.15, 0.2) is 36.5 Å². The van der Waals surface area contributed by atoms with Gasteiger partial charge in [-0.3, -0.25) is 0 Å². The Morgan fingerprint density at radius 2 is 1.73 bits per heavy atom. The fraction of sp³-hybridized carbons (Fsp3) is 0.667. The molecule has 3 fully saturated rings. The molecule has 3 rings (SSSR count). The second-order valence-electron chi connectivity index (χ2n) is 8.45.